The minimum atomic E-state index is -0.532. The van der Waals surface area contributed by atoms with Gasteiger partial charge in [-0.05, 0) is 37.3 Å². The van der Waals surface area contributed by atoms with Crippen LogP contribution in [0.2, 0.25) is 0 Å². The minimum absolute atomic E-state index is 0.532. The Hall–Kier alpha value is -1.52. The van der Waals surface area contributed by atoms with Crippen LogP contribution in [-0.2, 0) is 0 Å². The van der Waals surface area contributed by atoms with Gasteiger partial charge in [-0.3, -0.25) is 0 Å². The summed E-state index contributed by atoms with van der Waals surface area (Å²) in [4.78, 5) is 2.04. The number of anilines is 2. The van der Waals surface area contributed by atoms with E-state index in [1.807, 2.05) is 54.4 Å². The lowest BCUT2D eigenvalue weighted by Gasteiger charge is -2.24. The maximum atomic E-state index is 9.95. The Labute approximate surface area is 127 Å². The summed E-state index contributed by atoms with van der Waals surface area (Å²) in [5, 5.41) is 9.95. The lowest BCUT2D eigenvalue weighted by Crippen LogP contribution is -2.13. The first-order chi connectivity index (χ1) is 9.52. The largest absolute Gasteiger partial charge is 0.497 e. The van der Waals surface area contributed by atoms with Crippen LogP contribution in [0.5, 0.6) is 5.75 Å². The van der Waals surface area contributed by atoms with Crippen LogP contribution in [0.4, 0.5) is 11.4 Å². The number of rotatable bonds is 4. The molecule has 4 heteroatoms. The van der Waals surface area contributed by atoms with Crippen LogP contribution in [-0.4, -0.2) is 19.3 Å². The number of aliphatic hydroxyl groups excluding tert-OH is 1. The molecular weight excluding hydrogens is 318 g/mol. The Bertz CT molecular complexity index is 599. The van der Waals surface area contributed by atoms with E-state index in [0.29, 0.717) is 0 Å². The number of hydrogen-bond acceptors (Lipinski definition) is 3. The number of nitrogens with zero attached hydrogens (tertiary/aromatic N) is 1. The molecule has 0 heterocycles. The van der Waals surface area contributed by atoms with Gasteiger partial charge in [-0.25, -0.2) is 0 Å². The molecule has 0 aliphatic carbocycles. The fourth-order valence-electron chi connectivity index (χ4n) is 2.12. The van der Waals surface area contributed by atoms with Crippen LogP contribution in [0.1, 0.15) is 18.6 Å². The number of aliphatic hydroxyl groups is 1. The van der Waals surface area contributed by atoms with Gasteiger partial charge >= 0.3 is 0 Å². The summed E-state index contributed by atoms with van der Waals surface area (Å²) in [7, 11) is 3.63. The summed E-state index contributed by atoms with van der Waals surface area (Å²) in [6.45, 7) is 1.77. The Balaban J connectivity index is 2.44. The summed E-state index contributed by atoms with van der Waals surface area (Å²) >= 11 is 3.44. The first-order valence-corrected chi connectivity index (χ1v) is 7.17. The van der Waals surface area contributed by atoms with E-state index in [9.17, 15) is 5.11 Å². The van der Waals surface area contributed by atoms with Gasteiger partial charge in [0.15, 0.2) is 0 Å². The highest BCUT2D eigenvalue weighted by atomic mass is 79.9. The Morgan fingerprint density at radius 2 is 1.95 bits per heavy atom. The molecule has 0 aromatic heterocycles. The molecule has 0 saturated carbocycles. The predicted octanol–water partition coefficient (Wildman–Crippen LogP) is 4.28. The number of hydrogen-bond donors (Lipinski definition) is 1. The number of halogens is 1. The summed E-state index contributed by atoms with van der Waals surface area (Å²) in [5.74, 6) is 0.810. The van der Waals surface area contributed by atoms with Crippen molar-refractivity contribution in [1.82, 2.24) is 0 Å². The van der Waals surface area contributed by atoms with E-state index in [1.165, 1.54) is 0 Å². The molecule has 1 atom stereocenters. The molecule has 0 amide bonds. The number of methoxy groups -OCH3 is 1. The lowest BCUT2D eigenvalue weighted by atomic mass is 10.1. The molecule has 20 heavy (non-hydrogen) atoms. The van der Waals surface area contributed by atoms with E-state index in [-0.39, 0.29) is 0 Å². The van der Waals surface area contributed by atoms with Gasteiger partial charge in [0.05, 0.1) is 13.2 Å². The molecule has 0 bridgehead atoms. The first kappa shape index (κ1) is 14.9. The molecule has 2 rings (SSSR count). The van der Waals surface area contributed by atoms with Crippen molar-refractivity contribution in [2.75, 3.05) is 19.1 Å². The highest BCUT2D eigenvalue weighted by molar-refractivity contribution is 9.10. The fraction of sp³-hybridized carbons (Fsp3) is 0.250. The highest BCUT2D eigenvalue weighted by Crippen LogP contribution is 2.34. The van der Waals surface area contributed by atoms with Crippen molar-refractivity contribution < 1.29 is 9.84 Å². The molecule has 0 aliphatic rings. The van der Waals surface area contributed by atoms with Crippen molar-refractivity contribution in [1.29, 1.82) is 0 Å². The normalized spacial score (nSPS) is 12.1. The monoisotopic (exact) mass is 335 g/mol. The average molecular weight is 336 g/mol. The number of ether oxygens (including phenoxy) is 1. The summed E-state index contributed by atoms with van der Waals surface area (Å²) in [5.41, 5.74) is 2.86. The lowest BCUT2D eigenvalue weighted by molar-refractivity contribution is 0.199. The zero-order valence-corrected chi connectivity index (χ0v) is 13.4. The average Bonchev–Trinajstić information content (AvgIpc) is 2.46. The third-order valence-corrected chi connectivity index (χ3v) is 3.73. The van der Waals surface area contributed by atoms with Gasteiger partial charge in [0.1, 0.15) is 5.75 Å². The molecule has 0 radical (unpaired) electrons. The van der Waals surface area contributed by atoms with Gasteiger partial charge in [-0.2, -0.15) is 0 Å². The molecule has 0 saturated heterocycles. The Morgan fingerprint density at radius 1 is 1.20 bits per heavy atom. The third-order valence-electron chi connectivity index (χ3n) is 3.24. The topological polar surface area (TPSA) is 32.7 Å². The Kier molecular flexibility index (Phi) is 4.68. The molecule has 1 unspecified atom stereocenters. The van der Waals surface area contributed by atoms with Crippen molar-refractivity contribution >= 4 is 27.3 Å². The predicted molar refractivity (Wildman–Crippen MR) is 85.8 cm³/mol. The highest BCUT2D eigenvalue weighted by Gasteiger charge is 2.13. The zero-order valence-electron chi connectivity index (χ0n) is 11.8. The zero-order chi connectivity index (χ0) is 14.7. The van der Waals surface area contributed by atoms with Gasteiger partial charge < -0.3 is 14.7 Å². The SMILES string of the molecule is COc1cccc(N(C)c2ccc(Br)cc2C(C)O)c1. The first-order valence-electron chi connectivity index (χ1n) is 6.38. The van der Waals surface area contributed by atoms with Crippen molar-refractivity contribution in [3.8, 4) is 5.75 Å². The van der Waals surface area contributed by atoms with Crippen LogP contribution in [0.3, 0.4) is 0 Å². The number of benzene rings is 2. The van der Waals surface area contributed by atoms with E-state index in [1.54, 1.807) is 14.0 Å². The van der Waals surface area contributed by atoms with E-state index < -0.39 is 6.10 Å². The summed E-state index contributed by atoms with van der Waals surface area (Å²) in [6.07, 6.45) is -0.532. The smallest absolute Gasteiger partial charge is 0.120 e. The van der Waals surface area contributed by atoms with Gasteiger partial charge in [-0.1, -0.05) is 22.0 Å². The van der Waals surface area contributed by atoms with E-state index in [4.69, 9.17) is 4.74 Å². The van der Waals surface area contributed by atoms with E-state index in [2.05, 4.69) is 15.9 Å². The second-order valence-corrected chi connectivity index (χ2v) is 5.56. The van der Waals surface area contributed by atoms with E-state index >= 15 is 0 Å². The van der Waals surface area contributed by atoms with Gasteiger partial charge in [0.2, 0.25) is 0 Å². The molecule has 0 aliphatic heterocycles. The Morgan fingerprint density at radius 3 is 2.60 bits per heavy atom. The molecule has 2 aromatic rings. The van der Waals surface area contributed by atoms with Crippen LogP contribution in [0, 0.1) is 0 Å². The van der Waals surface area contributed by atoms with Crippen molar-refractivity contribution in [3.63, 3.8) is 0 Å². The van der Waals surface area contributed by atoms with Gasteiger partial charge in [0, 0.05) is 34.5 Å². The third kappa shape index (κ3) is 3.14. The van der Waals surface area contributed by atoms with Crippen LogP contribution in [0.25, 0.3) is 0 Å². The maximum Gasteiger partial charge on any atom is 0.120 e. The van der Waals surface area contributed by atoms with Crippen molar-refractivity contribution in [2.24, 2.45) is 0 Å². The maximum absolute atomic E-state index is 9.95. The fourth-order valence-corrected chi connectivity index (χ4v) is 2.50. The van der Waals surface area contributed by atoms with Gasteiger partial charge in [0.25, 0.3) is 0 Å². The molecule has 1 N–H and O–H groups in total. The molecule has 2 aromatic carbocycles. The minimum Gasteiger partial charge on any atom is -0.497 e. The quantitative estimate of drug-likeness (QED) is 0.905. The van der Waals surface area contributed by atoms with Gasteiger partial charge in [-0.15, -0.1) is 0 Å². The molecule has 0 fully saturated rings. The molecule has 106 valence electrons. The van der Waals surface area contributed by atoms with Crippen LogP contribution < -0.4 is 9.64 Å². The molecule has 0 spiro atoms. The van der Waals surface area contributed by atoms with E-state index in [0.717, 1.165) is 27.2 Å². The molecular formula is C16H18BrNO2. The van der Waals surface area contributed by atoms with Crippen molar-refractivity contribution in [3.05, 3.63) is 52.5 Å². The summed E-state index contributed by atoms with van der Waals surface area (Å²) < 4.78 is 6.21. The second-order valence-electron chi connectivity index (χ2n) is 4.64. The summed E-state index contributed by atoms with van der Waals surface area (Å²) in [6, 6.07) is 13.7. The van der Waals surface area contributed by atoms with Crippen LogP contribution in [0.15, 0.2) is 46.9 Å². The van der Waals surface area contributed by atoms with Crippen LogP contribution >= 0.6 is 15.9 Å². The molecule has 3 nitrogen and oxygen atoms in total. The second kappa shape index (κ2) is 6.29. The standard InChI is InChI=1S/C16H18BrNO2/c1-11(19)15-9-12(17)7-8-16(15)18(2)13-5-4-6-14(10-13)20-3/h4-11,19H,1-3H3. The van der Waals surface area contributed by atoms with Crippen molar-refractivity contribution in [2.45, 2.75) is 13.0 Å².